The summed E-state index contributed by atoms with van der Waals surface area (Å²) in [6.45, 7) is 0.404. The van der Waals surface area contributed by atoms with Gasteiger partial charge in [0.15, 0.2) is 17.8 Å². The van der Waals surface area contributed by atoms with E-state index in [-0.39, 0.29) is 13.4 Å². The van der Waals surface area contributed by atoms with Crippen LogP contribution in [0.4, 0.5) is 0 Å². The Morgan fingerprint density at radius 3 is 2.57 bits per heavy atom. The predicted molar refractivity (Wildman–Crippen MR) is 78.7 cm³/mol. The van der Waals surface area contributed by atoms with E-state index in [4.69, 9.17) is 37.4 Å². The van der Waals surface area contributed by atoms with Crippen LogP contribution >= 0.6 is 23.2 Å². The fourth-order valence-corrected chi connectivity index (χ4v) is 2.27. The molecule has 1 aliphatic rings. The fraction of sp³-hybridized carbons (Fsp3) is 0.133. The minimum absolute atomic E-state index is 0.143. The number of halogens is 2. The van der Waals surface area contributed by atoms with E-state index >= 15 is 0 Å². The first kappa shape index (κ1) is 14.0. The van der Waals surface area contributed by atoms with Gasteiger partial charge in [0.25, 0.3) is 0 Å². The lowest BCUT2D eigenvalue weighted by Gasteiger charge is -2.10. The van der Waals surface area contributed by atoms with Crippen molar-refractivity contribution in [1.82, 2.24) is 0 Å². The summed E-state index contributed by atoms with van der Waals surface area (Å²) in [6, 6.07) is 8.46. The van der Waals surface area contributed by atoms with E-state index in [2.05, 4.69) is 0 Å². The molecule has 0 aromatic heterocycles. The van der Waals surface area contributed by atoms with Crippen molar-refractivity contribution >= 4 is 29.5 Å². The van der Waals surface area contributed by atoms with Crippen LogP contribution in [0.2, 0.25) is 10.0 Å². The van der Waals surface area contributed by atoms with Crippen molar-refractivity contribution in [2.75, 3.05) is 6.79 Å². The van der Waals surface area contributed by atoms with Gasteiger partial charge >= 0.3 is 0 Å². The molecule has 108 valence electrons. The van der Waals surface area contributed by atoms with E-state index < -0.39 is 0 Å². The molecule has 0 atom stereocenters. The first-order chi connectivity index (χ1) is 10.2. The van der Waals surface area contributed by atoms with Crippen molar-refractivity contribution in [2.24, 2.45) is 0 Å². The average Bonchev–Trinajstić information content (AvgIpc) is 2.94. The Hall–Kier alpha value is -1.91. The number of fused-ring (bicyclic) bond motifs is 1. The zero-order chi connectivity index (χ0) is 14.8. The molecule has 1 aliphatic heterocycles. The number of rotatable bonds is 4. The van der Waals surface area contributed by atoms with Crippen LogP contribution in [0.25, 0.3) is 0 Å². The van der Waals surface area contributed by atoms with Gasteiger partial charge in [-0.05, 0) is 23.8 Å². The Morgan fingerprint density at radius 2 is 1.86 bits per heavy atom. The quantitative estimate of drug-likeness (QED) is 0.794. The number of aldehydes is 1. The third-order valence-electron chi connectivity index (χ3n) is 3.01. The molecule has 1 heterocycles. The molecule has 0 fully saturated rings. The van der Waals surface area contributed by atoms with Crippen LogP contribution in [-0.4, -0.2) is 13.1 Å². The van der Waals surface area contributed by atoms with Gasteiger partial charge in [0.2, 0.25) is 6.79 Å². The molecule has 4 nitrogen and oxygen atoms in total. The molecule has 0 N–H and O–H groups in total. The Morgan fingerprint density at radius 1 is 1.10 bits per heavy atom. The lowest BCUT2D eigenvalue weighted by atomic mass is 10.2. The van der Waals surface area contributed by atoms with Gasteiger partial charge in [-0.25, -0.2) is 0 Å². The van der Waals surface area contributed by atoms with Gasteiger partial charge in [0.05, 0.1) is 15.6 Å². The van der Waals surface area contributed by atoms with Crippen LogP contribution in [-0.2, 0) is 6.61 Å². The summed E-state index contributed by atoms with van der Waals surface area (Å²) in [6.07, 6.45) is 0.714. The van der Waals surface area contributed by atoms with Gasteiger partial charge in [-0.3, -0.25) is 4.79 Å². The minimum atomic E-state index is 0.143. The zero-order valence-corrected chi connectivity index (χ0v) is 12.3. The molecule has 0 saturated carbocycles. The first-order valence-corrected chi connectivity index (χ1v) is 6.88. The van der Waals surface area contributed by atoms with E-state index in [0.717, 1.165) is 5.56 Å². The molecule has 3 rings (SSSR count). The van der Waals surface area contributed by atoms with Crippen molar-refractivity contribution in [3.63, 3.8) is 0 Å². The van der Waals surface area contributed by atoms with Gasteiger partial charge < -0.3 is 14.2 Å². The van der Waals surface area contributed by atoms with Crippen molar-refractivity contribution in [3.05, 3.63) is 51.5 Å². The Balaban J connectivity index is 1.81. The summed E-state index contributed by atoms with van der Waals surface area (Å²) < 4.78 is 16.2. The maximum Gasteiger partial charge on any atom is 0.231 e. The number of hydrogen-bond donors (Lipinski definition) is 0. The minimum Gasteiger partial charge on any atom is -0.488 e. The van der Waals surface area contributed by atoms with Crippen LogP contribution in [0.15, 0.2) is 30.3 Å². The normalized spacial score (nSPS) is 12.3. The number of benzene rings is 2. The topological polar surface area (TPSA) is 44.8 Å². The van der Waals surface area contributed by atoms with Crippen LogP contribution in [0.1, 0.15) is 15.9 Å². The van der Waals surface area contributed by atoms with E-state index in [9.17, 15) is 4.79 Å². The lowest BCUT2D eigenvalue weighted by Crippen LogP contribution is -1.98. The highest BCUT2D eigenvalue weighted by Gasteiger charge is 2.18. The Bertz CT molecular complexity index is 700. The third-order valence-corrected chi connectivity index (χ3v) is 3.75. The van der Waals surface area contributed by atoms with E-state index in [0.29, 0.717) is 39.1 Å². The maximum absolute atomic E-state index is 11.1. The number of carbonyl (C=O) groups is 1. The van der Waals surface area contributed by atoms with Crippen molar-refractivity contribution in [2.45, 2.75) is 6.61 Å². The highest BCUT2D eigenvalue weighted by atomic mass is 35.5. The molecule has 2 aromatic rings. The molecule has 0 spiro atoms. The number of hydrogen-bond acceptors (Lipinski definition) is 4. The van der Waals surface area contributed by atoms with Gasteiger partial charge in [0.1, 0.15) is 12.4 Å². The van der Waals surface area contributed by atoms with Gasteiger partial charge in [-0.15, -0.1) is 0 Å². The van der Waals surface area contributed by atoms with Gasteiger partial charge in [0, 0.05) is 6.07 Å². The van der Waals surface area contributed by atoms with Crippen LogP contribution in [0, 0.1) is 0 Å². The smallest absolute Gasteiger partial charge is 0.231 e. The summed E-state index contributed by atoms with van der Waals surface area (Å²) in [5, 5.41) is 0.941. The van der Waals surface area contributed by atoms with Gasteiger partial charge in [-0.2, -0.15) is 0 Å². The molecule has 0 amide bonds. The highest BCUT2D eigenvalue weighted by Crippen LogP contribution is 2.37. The average molecular weight is 325 g/mol. The monoisotopic (exact) mass is 324 g/mol. The van der Waals surface area contributed by atoms with Gasteiger partial charge in [-0.1, -0.05) is 29.3 Å². The second kappa shape index (κ2) is 5.84. The molecule has 0 unspecified atom stereocenters. The van der Waals surface area contributed by atoms with Crippen LogP contribution < -0.4 is 14.2 Å². The second-order valence-electron chi connectivity index (χ2n) is 4.40. The largest absolute Gasteiger partial charge is 0.488 e. The molecule has 0 radical (unpaired) electrons. The fourth-order valence-electron chi connectivity index (χ4n) is 1.95. The van der Waals surface area contributed by atoms with E-state index in [1.54, 1.807) is 24.3 Å². The first-order valence-electron chi connectivity index (χ1n) is 6.13. The summed E-state index contributed by atoms with van der Waals surface area (Å²) in [7, 11) is 0. The van der Waals surface area contributed by atoms with E-state index in [1.807, 2.05) is 6.07 Å². The molecule has 6 heteroatoms. The number of ether oxygens (including phenoxy) is 3. The molecular weight excluding hydrogens is 315 g/mol. The lowest BCUT2D eigenvalue weighted by molar-refractivity contribution is 0.111. The Kier molecular flexibility index (Phi) is 3.90. The standard InChI is InChI=1S/C15H10Cl2O4/c16-11-2-1-9(3-12(11)17)7-19-13-5-15-14(20-8-21-15)4-10(13)6-18/h1-6H,7-8H2. The third kappa shape index (κ3) is 2.91. The Labute approximate surface area is 131 Å². The summed E-state index contributed by atoms with van der Waals surface area (Å²) in [4.78, 5) is 11.1. The predicted octanol–water partition coefficient (Wildman–Crippen LogP) is 4.11. The highest BCUT2D eigenvalue weighted by molar-refractivity contribution is 6.42. The second-order valence-corrected chi connectivity index (χ2v) is 5.21. The van der Waals surface area contributed by atoms with Crippen LogP contribution in [0.5, 0.6) is 17.2 Å². The van der Waals surface area contributed by atoms with E-state index in [1.165, 1.54) is 0 Å². The van der Waals surface area contributed by atoms with Crippen molar-refractivity contribution < 1.29 is 19.0 Å². The van der Waals surface area contributed by atoms with Crippen LogP contribution in [0.3, 0.4) is 0 Å². The molecule has 0 aliphatic carbocycles. The SMILES string of the molecule is O=Cc1cc2c(cc1OCc1ccc(Cl)c(Cl)c1)OCO2. The molecule has 0 saturated heterocycles. The summed E-state index contributed by atoms with van der Waals surface area (Å²) in [5.41, 5.74) is 1.25. The zero-order valence-electron chi connectivity index (χ0n) is 10.8. The molecular formula is C15H10Cl2O4. The maximum atomic E-state index is 11.1. The summed E-state index contributed by atoms with van der Waals surface area (Å²) in [5.74, 6) is 1.53. The van der Waals surface area contributed by atoms with Crippen molar-refractivity contribution in [3.8, 4) is 17.2 Å². The van der Waals surface area contributed by atoms with Crippen molar-refractivity contribution in [1.29, 1.82) is 0 Å². The molecule has 0 bridgehead atoms. The molecule has 2 aromatic carbocycles. The summed E-state index contributed by atoms with van der Waals surface area (Å²) >= 11 is 11.8. The molecule has 21 heavy (non-hydrogen) atoms. The number of carbonyl (C=O) groups excluding carboxylic acids is 1.